The Kier molecular flexibility index (Phi) is 5.11. The lowest BCUT2D eigenvalue weighted by Crippen LogP contribution is -2.35. The number of hydrogen-bond donors (Lipinski definition) is 1. The molecule has 1 aliphatic rings. The highest BCUT2D eigenvalue weighted by molar-refractivity contribution is 7.10. The van der Waals surface area contributed by atoms with Gasteiger partial charge in [-0.15, -0.1) is 11.3 Å². The third-order valence-corrected chi connectivity index (χ3v) is 4.92. The molecule has 2 heterocycles. The van der Waals surface area contributed by atoms with E-state index in [1.165, 1.54) is 11.6 Å². The minimum Gasteiger partial charge on any atom is -0.338 e. The average molecular weight is 340 g/mol. The van der Waals surface area contributed by atoms with E-state index in [9.17, 15) is 9.59 Å². The molecule has 0 saturated carbocycles. The first-order chi connectivity index (χ1) is 11.7. The Labute approximate surface area is 145 Å². The van der Waals surface area contributed by atoms with Crippen molar-refractivity contribution in [3.63, 3.8) is 0 Å². The molecule has 0 fully saturated rings. The second-order valence-electron chi connectivity index (χ2n) is 5.74. The molecular formula is C19H20N2O2S. The van der Waals surface area contributed by atoms with Crippen molar-refractivity contribution in [3.05, 3.63) is 57.8 Å². The molecule has 0 atom stereocenters. The van der Waals surface area contributed by atoms with Crippen molar-refractivity contribution in [2.45, 2.75) is 26.3 Å². The molecule has 0 spiro atoms. The molecule has 124 valence electrons. The zero-order valence-electron chi connectivity index (χ0n) is 13.6. The fraction of sp³-hybridized carbons (Fsp3) is 0.263. The summed E-state index contributed by atoms with van der Waals surface area (Å²) >= 11 is 1.59. The quantitative estimate of drug-likeness (QED) is 0.863. The zero-order chi connectivity index (χ0) is 16.9. The number of thiophene rings is 1. The molecule has 0 bridgehead atoms. The van der Waals surface area contributed by atoms with Gasteiger partial charge in [0.05, 0.1) is 0 Å². The molecule has 1 aliphatic heterocycles. The van der Waals surface area contributed by atoms with Gasteiger partial charge in [0, 0.05) is 36.2 Å². The topological polar surface area (TPSA) is 49.4 Å². The van der Waals surface area contributed by atoms with Crippen LogP contribution in [0.4, 0.5) is 5.69 Å². The highest BCUT2D eigenvalue weighted by atomic mass is 32.1. The third kappa shape index (κ3) is 3.92. The minimum absolute atomic E-state index is 0.152. The van der Waals surface area contributed by atoms with E-state index in [-0.39, 0.29) is 11.8 Å². The smallest absolute Gasteiger partial charge is 0.248 e. The molecular weight excluding hydrogens is 320 g/mol. The molecule has 1 aromatic carbocycles. The van der Waals surface area contributed by atoms with Gasteiger partial charge in [0.25, 0.3) is 0 Å². The number of hydrogen-bond acceptors (Lipinski definition) is 3. The third-order valence-electron chi connectivity index (χ3n) is 4.08. The van der Waals surface area contributed by atoms with Crippen molar-refractivity contribution in [2.24, 2.45) is 0 Å². The van der Waals surface area contributed by atoms with Gasteiger partial charge in [-0.2, -0.15) is 0 Å². The van der Waals surface area contributed by atoms with E-state index in [1.807, 2.05) is 47.5 Å². The molecule has 5 heteroatoms. The van der Waals surface area contributed by atoms with Gasteiger partial charge in [0.1, 0.15) is 0 Å². The van der Waals surface area contributed by atoms with Gasteiger partial charge in [0.15, 0.2) is 0 Å². The fourth-order valence-corrected chi connectivity index (χ4v) is 3.42. The van der Waals surface area contributed by atoms with Crippen LogP contribution in [0.5, 0.6) is 0 Å². The lowest BCUT2D eigenvalue weighted by Gasteiger charge is -2.29. The van der Waals surface area contributed by atoms with Crippen molar-refractivity contribution >= 4 is 34.9 Å². The van der Waals surface area contributed by atoms with Crippen molar-refractivity contribution < 1.29 is 9.59 Å². The fourth-order valence-electron chi connectivity index (χ4n) is 2.80. The number of rotatable bonds is 4. The predicted octanol–water partition coefficient (Wildman–Crippen LogP) is 3.69. The molecule has 0 unspecified atom stereocenters. The lowest BCUT2D eigenvalue weighted by molar-refractivity contribution is -0.131. The molecule has 3 rings (SSSR count). The van der Waals surface area contributed by atoms with Crippen molar-refractivity contribution in [3.8, 4) is 0 Å². The van der Waals surface area contributed by atoms with E-state index >= 15 is 0 Å². The maximum atomic E-state index is 12.0. The van der Waals surface area contributed by atoms with Gasteiger partial charge in [-0.3, -0.25) is 9.59 Å². The first-order valence-electron chi connectivity index (χ1n) is 8.08. The first-order valence-corrected chi connectivity index (χ1v) is 8.96. The van der Waals surface area contributed by atoms with Crippen LogP contribution < -0.4 is 5.32 Å². The molecule has 0 saturated heterocycles. The zero-order valence-corrected chi connectivity index (χ0v) is 14.4. The molecule has 1 N–H and O–H groups in total. The van der Waals surface area contributed by atoms with Crippen molar-refractivity contribution in [2.75, 3.05) is 11.9 Å². The minimum atomic E-state index is -0.152. The Balaban J connectivity index is 1.67. The van der Waals surface area contributed by atoms with Crippen LogP contribution in [0.3, 0.4) is 0 Å². The van der Waals surface area contributed by atoms with E-state index in [1.54, 1.807) is 17.4 Å². The average Bonchev–Trinajstić information content (AvgIpc) is 3.12. The summed E-state index contributed by atoms with van der Waals surface area (Å²) in [7, 11) is 0. The number of amides is 2. The highest BCUT2D eigenvalue weighted by Crippen LogP contribution is 2.23. The van der Waals surface area contributed by atoms with E-state index in [0.717, 1.165) is 29.1 Å². The maximum absolute atomic E-state index is 12.0. The summed E-state index contributed by atoms with van der Waals surface area (Å²) in [5.74, 6) is 0.0228. The number of carbonyl (C=O) groups excluding carboxylic acids is 2. The number of fused-ring (bicyclic) bond motifs is 1. The second kappa shape index (κ2) is 7.45. The number of benzene rings is 1. The van der Waals surface area contributed by atoms with Crippen LogP contribution in [-0.2, 0) is 22.6 Å². The van der Waals surface area contributed by atoms with Gasteiger partial charge in [-0.1, -0.05) is 19.1 Å². The lowest BCUT2D eigenvalue weighted by atomic mass is 9.99. The Morgan fingerprint density at radius 1 is 1.29 bits per heavy atom. The van der Waals surface area contributed by atoms with Crippen molar-refractivity contribution in [1.29, 1.82) is 0 Å². The van der Waals surface area contributed by atoms with Crippen LogP contribution in [0, 0.1) is 0 Å². The Morgan fingerprint density at radius 3 is 2.92 bits per heavy atom. The molecule has 24 heavy (non-hydrogen) atoms. The van der Waals surface area contributed by atoms with Crippen LogP contribution in [-0.4, -0.2) is 23.3 Å². The Hall–Kier alpha value is -2.40. The van der Waals surface area contributed by atoms with E-state index in [0.29, 0.717) is 13.0 Å². The summed E-state index contributed by atoms with van der Waals surface area (Å²) in [6, 6.07) is 9.86. The molecule has 0 aliphatic carbocycles. The van der Waals surface area contributed by atoms with Gasteiger partial charge in [0.2, 0.25) is 11.8 Å². The summed E-state index contributed by atoms with van der Waals surface area (Å²) in [4.78, 5) is 26.8. The van der Waals surface area contributed by atoms with Crippen molar-refractivity contribution in [1.82, 2.24) is 4.90 Å². The second-order valence-corrected chi connectivity index (χ2v) is 6.72. The maximum Gasteiger partial charge on any atom is 0.248 e. The van der Waals surface area contributed by atoms with Gasteiger partial charge < -0.3 is 10.2 Å². The summed E-state index contributed by atoms with van der Waals surface area (Å²) in [6.07, 6.45) is 4.74. The Morgan fingerprint density at radius 2 is 2.17 bits per heavy atom. The van der Waals surface area contributed by atoms with Crippen LogP contribution in [0.25, 0.3) is 6.08 Å². The van der Waals surface area contributed by atoms with Crippen LogP contribution in [0.15, 0.2) is 41.8 Å². The monoisotopic (exact) mass is 340 g/mol. The summed E-state index contributed by atoms with van der Waals surface area (Å²) < 4.78 is 0. The van der Waals surface area contributed by atoms with Gasteiger partial charge >= 0.3 is 0 Å². The van der Waals surface area contributed by atoms with Gasteiger partial charge in [-0.05, 0) is 47.2 Å². The number of nitrogens with zero attached hydrogens (tertiary/aromatic N) is 1. The molecule has 2 amide bonds. The molecule has 1 aromatic heterocycles. The van der Waals surface area contributed by atoms with Gasteiger partial charge in [-0.25, -0.2) is 0 Å². The normalized spacial score (nSPS) is 13.8. The summed E-state index contributed by atoms with van der Waals surface area (Å²) in [5.41, 5.74) is 3.13. The first kappa shape index (κ1) is 16.5. The largest absolute Gasteiger partial charge is 0.338 e. The molecule has 0 radical (unpaired) electrons. The van der Waals surface area contributed by atoms with E-state index in [4.69, 9.17) is 0 Å². The van der Waals surface area contributed by atoms with Crippen LogP contribution in [0.2, 0.25) is 0 Å². The standard InChI is InChI=1S/C19H20N2O2S/c1-2-19(23)21-10-9-14-5-6-16(12-15(14)13-21)20-18(22)8-7-17-4-3-11-24-17/h3-8,11-12H,2,9-10,13H2,1H3,(H,20,22)/b8-7+. The number of nitrogens with one attached hydrogen (secondary N) is 1. The van der Waals surface area contributed by atoms with E-state index < -0.39 is 0 Å². The number of carbonyl (C=O) groups is 2. The predicted molar refractivity (Wildman–Crippen MR) is 97.8 cm³/mol. The SMILES string of the molecule is CCC(=O)N1CCc2ccc(NC(=O)/C=C/c3cccs3)cc2C1. The molecule has 2 aromatic rings. The van der Waals surface area contributed by atoms with Crippen LogP contribution in [0.1, 0.15) is 29.3 Å². The summed E-state index contributed by atoms with van der Waals surface area (Å²) in [6.45, 7) is 3.28. The van der Waals surface area contributed by atoms with Crippen LogP contribution >= 0.6 is 11.3 Å². The molecule has 4 nitrogen and oxygen atoms in total. The van der Waals surface area contributed by atoms with E-state index in [2.05, 4.69) is 5.32 Å². The highest BCUT2D eigenvalue weighted by Gasteiger charge is 2.19. The number of anilines is 1. The summed E-state index contributed by atoms with van der Waals surface area (Å²) in [5, 5.41) is 4.86. The Bertz CT molecular complexity index is 766.